The van der Waals surface area contributed by atoms with Crippen LogP contribution in [0.15, 0.2) is 22.7 Å². The second kappa shape index (κ2) is 6.19. The molecule has 100 valence electrons. The van der Waals surface area contributed by atoms with Gasteiger partial charge in [0, 0.05) is 10.9 Å². The van der Waals surface area contributed by atoms with E-state index >= 15 is 0 Å². The number of halogens is 4. The van der Waals surface area contributed by atoms with Crippen molar-refractivity contribution in [1.82, 2.24) is 0 Å². The molecule has 0 spiro atoms. The number of alkyl halides is 3. The van der Waals surface area contributed by atoms with Crippen molar-refractivity contribution in [2.75, 3.05) is 11.9 Å². The molecule has 0 atom stereocenters. The van der Waals surface area contributed by atoms with Crippen molar-refractivity contribution < 1.29 is 18.0 Å². The summed E-state index contributed by atoms with van der Waals surface area (Å²) in [5, 5.41) is 2.42. The maximum atomic E-state index is 12.5. The summed E-state index contributed by atoms with van der Waals surface area (Å²) >= 11 is 3.09. The first kappa shape index (κ1) is 15.0. The molecule has 1 amide bonds. The van der Waals surface area contributed by atoms with E-state index in [1.165, 1.54) is 6.07 Å². The highest BCUT2D eigenvalue weighted by Gasteiger charge is 2.31. The SMILES string of the molecule is NCCCC(=O)Nc1cc(C(F)(F)F)ccc1Br. The Kier molecular flexibility index (Phi) is 5.15. The molecule has 1 aromatic carbocycles. The van der Waals surface area contributed by atoms with Gasteiger partial charge in [0.1, 0.15) is 0 Å². The zero-order valence-electron chi connectivity index (χ0n) is 9.35. The maximum absolute atomic E-state index is 12.5. The van der Waals surface area contributed by atoms with Crippen molar-refractivity contribution in [3.63, 3.8) is 0 Å². The Labute approximate surface area is 111 Å². The highest BCUT2D eigenvalue weighted by atomic mass is 79.9. The van der Waals surface area contributed by atoms with Crippen molar-refractivity contribution in [3.8, 4) is 0 Å². The van der Waals surface area contributed by atoms with Gasteiger partial charge in [0.05, 0.1) is 11.3 Å². The summed E-state index contributed by atoms with van der Waals surface area (Å²) in [7, 11) is 0. The molecule has 18 heavy (non-hydrogen) atoms. The van der Waals surface area contributed by atoms with Crippen molar-refractivity contribution in [1.29, 1.82) is 0 Å². The molecule has 0 radical (unpaired) electrons. The number of hydrogen-bond donors (Lipinski definition) is 2. The lowest BCUT2D eigenvalue weighted by atomic mass is 10.2. The number of anilines is 1. The summed E-state index contributed by atoms with van der Waals surface area (Å²) in [5.74, 6) is -0.361. The highest BCUT2D eigenvalue weighted by Crippen LogP contribution is 2.33. The molecule has 0 saturated carbocycles. The Morgan fingerprint density at radius 3 is 2.61 bits per heavy atom. The fourth-order valence-electron chi connectivity index (χ4n) is 1.27. The highest BCUT2D eigenvalue weighted by molar-refractivity contribution is 9.10. The minimum Gasteiger partial charge on any atom is -0.330 e. The first-order chi connectivity index (χ1) is 8.34. The summed E-state index contributed by atoms with van der Waals surface area (Å²) in [6, 6.07) is 3.09. The van der Waals surface area contributed by atoms with Gasteiger partial charge in [-0.15, -0.1) is 0 Å². The van der Waals surface area contributed by atoms with Crippen molar-refractivity contribution in [2.24, 2.45) is 5.73 Å². The molecular formula is C11H12BrF3N2O. The summed E-state index contributed by atoms with van der Waals surface area (Å²) in [6.07, 6.45) is -3.76. The Morgan fingerprint density at radius 2 is 2.06 bits per heavy atom. The number of benzene rings is 1. The molecule has 1 aromatic rings. The minimum absolute atomic E-state index is 0.104. The van der Waals surface area contributed by atoms with E-state index in [0.717, 1.165) is 12.1 Å². The standard InChI is InChI=1S/C11H12BrF3N2O/c12-8-4-3-7(11(13,14)15)6-9(8)17-10(18)2-1-5-16/h3-4,6H,1-2,5,16H2,(H,17,18). The first-order valence-corrected chi connectivity index (χ1v) is 6.00. The molecule has 0 unspecified atom stereocenters. The topological polar surface area (TPSA) is 55.1 Å². The fraction of sp³-hybridized carbons (Fsp3) is 0.364. The van der Waals surface area contributed by atoms with Crippen LogP contribution in [0.25, 0.3) is 0 Å². The predicted molar refractivity (Wildman–Crippen MR) is 66.1 cm³/mol. The number of rotatable bonds is 4. The van der Waals surface area contributed by atoms with Crippen LogP contribution >= 0.6 is 15.9 Å². The Hall–Kier alpha value is -1.08. The third-order valence-corrected chi connectivity index (χ3v) is 2.87. The van der Waals surface area contributed by atoms with E-state index in [-0.39, 0.29) is 18.0 Å². The quantitative estimate of drug-likeness (QED) is 0.893. The summed E-state index contributed by atoms with van der Waals surface area (Å²) in [4.78, 5) is 11.4. The summed E-state index contributed by atoms with van der Waals surface area (Å²) in [5.41, 5.74) is 4.54. The molecule has 0 aromatic heterocycles. The van der Waals surface area contributed by atoms with Gasteiger partial charge in [0.25, 0.3) is 0 Å². The molecule has 7 heteroatoms. The van der Waals surface area contributed by atoms with Gasteiger partial charge in [0.15, 0.2) is 0 Å². The molecular weight excluding hydrogens is 313 g/mol. The molecule has 0 bridgehead atoms. The predicted octanol–water partition coefficient (Wildman–Crippen LogP) is 3.15. The molecule has 0 fully saturated rings. The molecule has 0 aliphatic carbocycles. The summed E-state index contributed by atoms with van der Waals surface area (Å²) < 4.78 is 37.9. The van der Waals surface area contributed by atoms with E-state index in [0.29, 0.717) is 17.4 Å². The molecule has 0 heterocycles. The van der Waals surface area contributed by atoms with Crippen LogP contribution in [0.3, 0.4) is 0 Å². The smallest absolute Gasteiger partial charge is 0.330 e. The van der Waals surface area contributed by atoms with Gasteiger partial charge in [0.2, 0.25) is 5.91 Å². The van der Waals surface area contributed by atoms with Crippen molar-refractivity contribution in [2.45, 2.75) is 19.0 Å². The Morgan fingerprint density at radius 1 is 1.39 bits per heavy atom. The van der Waals surface area contributed by atoms with Crippen molar-refractivity contribution >= 4 is 27.5 Å². The second-order valence-corrected chi connectivity index (χ2v) is 4.49. The van der Waals surface area contributed by atoms with Crippen LogP contribution in [-0.2, 0) is 11.0 Å². The van der Waals surface area contributed by atoms with Gasteiger partial charge in [-0.25, -0.2) is 0 Å². The lowest BCUT2D eigenvalue weighted by Gasteiger charge is -2.11. The van der Waals surface area contributed by atoms with Gasteiger partial charge in [-0.05, 0) is 47.1 Å². The zero-order chi connectivity index (χ0) is 13.8. The average molecular weight is 325 g/mol. The van der Waals surface area contributed by atoms with Crippen LogP contribution in [0.5, 0.6) is 0 Å². The third kappa shape index (κ3) is 4.30. The van der Waals surface area contributed by atoms with Gasteiger partial charge in [-0.1, -0.05) is 0 Å². The number of amides is 1. The maximum Gasteiger partial charge on any atom is 0.416 e. The van der Waals surface area contributed by atoms with E-state index in [9.17, 15) is 18.0 Å². The van der Waals surface area contributed by atoms with Crippen LogP contribution in [0.1, 0.15) is 18.4 Å². The first-order valence-electron chi connectivity index (χ1n) is 5.21. The molecule has 0 saturated heterocycles. The lowest BCUT2D eigenvalue weighted by Crippen LogP contribution is -2.14. The van der Waals surface area contributed by atoms with Gasteiger partial charge < -0.3 is 11.1 Å². The normalized spacial score (nSPS) is 11.4. The fourth-order valence-corrected chi connectivity index (χ4v) is 1.62. The zero-order valence-corrected chi connectivity index (χ0v) is 10.9. The van der Waals surface area contributed by atoms with Gasteiger partial charge >= 0.3 is 6.18 Å². The molecule has 3 N–H and O–H groups in total. The third-order valence-electron chi connectivity index (χ3n) is 2.18. The monoisotopic (exact) mass is 324 g/mol. The van der Waals surface area contributed by atoms with Crippen LogP contribution in [-0.4, -0.2) is 12.5 Å². The summed E-state index contributed by atoms with van der Waals surface area (Å²) in [6.45, 7) is 0.358. The number of carbonyl (C=O) groups is 1. The van der Waals surface area contributed by atoms with Crippen LogP contribution in [0, 0.1) is 0 Å². The Balaban J connectivity index is 2.85. The number of hydrogen-bond acceptors (Lipinski definition) is 2. The van der Waals surface area contributed by atoms with Crippen molar-refractivity contribution in [3.05, 3.63) is 28.2 Å². The molecule has 0 aliphatic heterocycles. The van der Waals surface area contributed by atoms with Gasteiger partial charge in [-0.2, -0.15) is 13.2 Å². The van der Waals surface area contributed by atoms with Crippen LogP contribution in [0.2, 0.25) is 0 Å². The molecule has 0 aliphatic rings. The lowest BCUT2D eigenvalue weighted by molar-refractivity contribution is -0.137. The number of nitrogens with two attached hydrogens (primary N) is 1. The molecule has 3 nitrogen and oxygen atoms in total. The minimum atomic E-state index is -4.43. The second-order valence-electron chi connectivity index (χ2n) is 3.63. The van der Waals surface area contributed by atoms with E-state index < -0.39 is 11.7 Å². The average Bonchev–Trinajstić information content (AvgIpc) is 2.28. The number of nitrogens with one attached hydrogen (secondary N) is 1. The largest absolute Gasteiger partial charge is 0.416 e. The van der Waals surface area contributed by atoms with Crippen LogP contribution < -0.4 is 11.1 Å². The Bertz CT molecular complexity index is 435. The molecule has 1 rings (SSSR count). The van der Waals surface area contributed by atoms with E-state index in [1.807, 2.05) is 0 Å². The van der Waals surface area contributed by atoms with E-state index in [2.05, 4.69) is 21.2 Å². The van der Waals surface area contributed by atoms with E-state index in [1.54, 1.807) is 0 Å². The van der Waals surface area contributed by atoms with E-state index in [4.69, 9.17) is 5.73 Å². The van der Waals surface area contributed by atoms with Crippen LogP contribution in [0.4, 0.5) is 18.9 Å². The van der Waals surface area contributed by atoms with Gasteiger partial charge in [-0.3, -0.25) is 4.79 Å². The number of carbonyl (C=O) groups excluding carboxylic acids is 1.